The number of rotatable bonds is 7. The predicted octanol–water partition coefficient (Wildman–Crippen LogP) is 3.12. The molecule has 0 saturated carbocycles. The molecule has 0 radical (unpaired) electrons. The normalized spacial score (nSPS) is 23.9. The van der Waals surface area contributed by atoms with Gasteiger partial charge in [-0.25, -0.2) is 0 Å². The highest BCUT2D eigenvalue weighted by Gasteiger charge is 2.26. The molecule has 1 aromatic rings. The average Bonchev–Trinajstić information content (AvgIpc) is 2.92. The van der Waals surface area contributed by atoms with E-state index < -0.39 is 0 Å². The molecule has 20 heavy (non-hydrogen) atoms. The standard InChI is InChI=1S/C17H27NO2/c1-3-17-15(10-11-20-17)12-18-13(2)4-5-14-6-8-16(19)9-7-14/h6-9,13,15,17-19H,3-5,10-12H2,1-2H3. The fraction of sp³-hybridized carbons (Fsp3) is 0.647. The Labute approximate surface area is 122 Å². The first-order valence-corrected chi connectivity index (χ1v) is 7.82. The van der Waals surface area contributed by atoms with Crippen molar-refractivity contribution in [3.8, 4) is 5.75 Å². The molecule has 0 aliphatic carbocycles. The Kier molecular flexibility index (Phi) is 5.86. The summed E-state index contributed by atoms with van der Waals surface area (Å²) in [5.41, 5.74) is 1.28. The summed E-state index contributed by atoms with van der Waals surface area (Å²) in [4.78, 5) is 0. The zero-order valence-corrected chi connectivity index (χ0v) is 12.6. The maximum Gasteiger partial charge on any atom is 0.115 e. The molecule has 0 aromatic heterocycles. The van der Waals surface area contributed by atoms with Crippen LogP contribution in [-0.2, 0) is 11.2 Å². The van der Waals surface area contributed by atoms with E-state index in [0.717, 1.165) is 32.4 Å². The van der Waals surface area contributed by atoms with E-state index in [1.807, 2.05) is 12.1 Å². The second kappa shape index (κ2) is 7.65. The monoisotopic (exact) mass is 277 g/mol. The number of nitrogens with one attached hydrogen (secondary N) is 1. The van der Waals surface area contributed by atoms with Gasteiger partial charge in [-0.2, -0.15) is 0 Å². The molecule has 1 aliphatic heterocycles. The second-order valence-electron chi connectivity index (χ2n) is 5.88. The molecule has 112 valence electrons. The maximum absolute atomic E-state index is 9.26. The van der Waals surface area contributed by atoms with E-state index >= 15 is 0 Å². The first-order valence-electron chi connectivity index (χ1n) is 7.82. The van der Waals surface area contributed by atoms with E-state index in [0.29, 0.717) is 23.8 Å². The molecule has 2 N–H and O–H groups in total. The van der Waals surface area contributed by atoms with Crippen LogP contribution in [0.2, 0.25) is 0 Å². The molecule has 1 heterocycles. The van der Waals surface area contributed by atoms with Gasteiger partial charge in [0, 0.05) is 19.2 Å². The number of phenols is 1. The maximum atomic E-state index is 9.26. The third-order valence-electron chi connectivity index (χ3n) is 4.28. The minimum Gasteiger partial charge on any atom is -0.508 e. The van der Waals surface area contributed by atoms with Gasteiger partial charge in [0.05, 0.1) is 6.10 Å². The lowest BCUT2D eigenvalue weighted by Crippen LogP contribution is -2.34. The first-order chi connectivity index (χ1) is 9.69. The van der Waals surface area contributed by atoms with Crippen molar-refractivity contribution < 1.29 is 9.84 Å². The van der Waals surface area contributed by atoms with Crippen LogP contribution < -0.4 is 5.32 Å². The summed E-state index contributed by atoms with van der Waals surface area (Å²) in [7, 11) is 0. The Morgan fingerprint density at radius 3 is 2.80 bits per heavy atom. The van der Waals surface area contributed by atoms with Gasteiger partial charge in [0.2, 0.25) is 0 Å². The van der Waals surface area contributed by atoms with Crippen molar-refractivity contribution in [3.05, 3.63) is 29.8 Å². The lowest BCUT2D eigenvalue weighted by Gasteiger charge is -2.20. The van der Waals surface area contributed by atoms with Crippen molar-refractivity contribution in [2.75, 3.05) is 13.2 Å². The smallest absolute Gasteiger partial charge is 0.115 e. The van der Waals surface area contributed by atoms with Crippen LogP contribution in [0.1, 0.15) is 38.7 Å². The molecule has 3 heteroatoms. The number of ether oxygens (including phenoxy) is 1. The van der Waals surface area contributed by atoms with Crippen LogP contribution >= 0.6 is 0 Å². The molecule has 1 aliphatic rings. The largest absolute Gasteiger partial charge is 0.508 e. The molecule has 3 atom stereocenters. The molecule has 1 fully saturated rings. The summed E-state index contributed by atoms with van der Waals surface area (Å²) in [6.45, 7) is 6.44. The Hall–Kier alpha value is -1.06. The quantitative estimate of drug-likeness (QED) is 0.804. The van der Waals surface area contributed by atoms with Crippen LogP contribution in [0.25, 0.3) is 0 Å². The SMILES string of the molecule is CCC1OCCC1CNC(C)CCc1ccc(O)cc1. The lowest BCUT2D eigenvalue weighted by molar-refractivity contribution is 0.0867. The summed E-state index contributed by atoms with van der Waals surface area (Å²) >= 11 is 0. The topological polar surface area (TPSA) is 41.5 Å². The fourth-order valence-electron chi connectivity index (χ4n) is 2.88. The average molecular weight is 277 g/mol. The van der Waals surface area contributed by atoms with Crippen LogP contribution in [0.15, 0.2) is 24.3 Å². The van der Waals surface area contributed by atoms with Gasteiger partial charge in [-0.05, 0) is 56.2 Å². The van der Waals surface area contributed by atoms with Crippen molar-refractivity contribution in [1.82, 2.24) is 5.32 Å². The highest BCUT2D eigenvalue weighted by atomic mass is 16.5. The van der Waals surface area contributed by atoms with Crippen molar-refractivity contribution in [2.24, 2.45) is 5.92 Å². The third-order valence-corrected chi connectivity index (χ3v) is 4.28. The lowest BCUT2D eigenvalue weighted by atomic mass is 9.99. The Morgan fingerprint density at radius 1 is 1.35 bits per heavy atom. The molecule has 1 aromatic carbocycles. The van der Waals surface area contributed by atoms with Gasteiger partial charge in [0.25, 0.3) is 0 Å². The van der Waals surface area contributed by atoms with Crippen molar-refractivity contribution in [1.29, 1.82) is 0 Å². The summed E-state index contributed by atoms with van der Waals surface area (Å²) in [5, 5.41) is 12.9. The van der Waals surface area contributed by atoms with Gasteiger partial charge < -0.3 is 15.2 Å². The summed E-state index contributed by atoms with van der Waals surface area (Å²) in [5.74, 6) is 1.02. The molecular weight excluding hydrogens is 250 g/mol. The van der Waals surface area contributed by atoms with Gasteiger partial charge in [-0.1, -0.05) is 19.1 Å². The zero-order chi connectivity index (χ0) is 14.4. The Balaban J connectivity index is 1.67. The number of phenolic OH excluding ortho intramolecular Hbond substituents is 1. The number of aryl methyl sites for hydroxylation is 1. The molecule has 1 saturated heterocycles. The summed E-state index contributed by atoms with van der Waals surface area (Å²) < 4.78 is 5.72. The fourth-order valence-corrected chi connectivity index (χ4v) is 2.88. The van der Waals surface area contributed by atoms with Crippen molar-refractivity contribution in [3.63, 3.8) is 0 Å². The van der Waals surface area contributed by atoms with E-state index in [1.165, 1.54) is 12.0 Å². The number of hydrogen-bond donors (Lipinski definition) is 2. The van der Waals surface area contributed by atoms with Crippen LogP contribution in [0, 0.1) is 5.92 Å². The van der Waals surface area contributed by atoms with E-state index in [-0.39, 0.29) is 0 Å². The second-order valence-corrected chi connectivity index (χ2v) is 5.88. The van der Waals surface area contributed by atoms with Crippen molar-refractivity contribution in [2.45, 2.75) is 51.7 Å². The summed E-state index contributed by atoms with van der Waals surface area (Å²) in [6.07, 6.45) is 4.93. The highest BCUT2D eigenvalue weighted by Crippen LogP contribution is 2.22. The Bertz CT molecular complexity index is 390. The van der Waals surface area contributed by atoms with Crippen molar-refractivity contribution >= 4 is 0 Å². The number of aromatic hydroxyl groups is 1. The minimum absolute atomic E-state index is 0.340. The van der Waals surface area contributed by atoms with Gasteiger partial charge >= 0.3 is 0 Å². The van der Waals surface area contributed by atoms with Crippen LogP contribution in [-0.4, -0.2) is 30.4 Å². The van der Waals surface area contributed by atoms with E-state index in [9.17, 15) is 5.11 Å². The van der Waals surface area contributed by atoms with E-state index in [2.05, 4.69) is 19.2 Å². The van der Waals surface area contributed by atoms with Gasteiger partial charge in [-0.3, -0.25) is 0 Å². The Morgan fingerprint density at radius 2 is 2.10 bits per heavy atom. The molecule has 0 bridgehead atoms. The number of benzene rings is 1. The third kappa shape index (κ3) is 4.50. The number of hydrogen-bond acceptors (Lipinski definition) is 3. The van der Waals surface area contributed by atoms with Crippen LogP contribution in [0.4, 0.5) is 0 Å². The van der Waals surface area contributed by atoms with E-state index in [1.54, 1.807) is 12.1 Å². The zero-order valence-electron chi connectivity index (χ0n) is 12.6. The minimum atomic E-state index is 0.340. The van der Waals surface area contributed by atoms with Crippen LogP contribution in [0.3, 0.4) is 0 Å². The van der Waals surface area contributed by atoms with Gasteiger partial charge in [0.15, 0.2) is 0 Å². The first kappa shape index (κ1) is 15.3. The highest BCUT2D eigenvalue weighted by molar-refractivity contribution is 5.25. The molecule has 0 spiro atoms. The molecule has 2 rings (SSSR count). The summed E-state index contributed by atoms with van der Waals surface area (Å²) in [6, 6.07) is 8.03. The van der Waals surface area contributed by atoms with Crippen LogP contribution in [0.5, 0.6) is 5.75 Å². The predicted molar refractivity (Wildman–Crippen MR) is 82.0 cm³/mol. The van der Waals surface area contributed by atoms with Gasteiger partial charge in [-0.15, -0.1) is 0 Å². The molecule has 0 amide bonds. The molecular formula is C17H27NO2. The van der Waals surface area contributed by atoms with E-state index in [4.69, 9.17) is 4.74 Å². The molecule has 3 unspecified atom stereocenters. The molecule has 3 nitrogen and oxygen atoms in total. The van der Waals surface area contributed by atoms with Gasteiger partial charge in [0.1, 0.15) is 5.75 Å².